The average Bonchev–Trinajstić information content (AvgIpc) is 2.22. The van der Waals surface area contributed by atoms with Crippen LogP contribution in [-0.2, 0) is 4.79 Å². The van der Waals surface area contributed by atoms with Crippen molar-refractivity contribution in [3.63, 3.8) is 0 Å². The Balaban J connectivity index is 3.71. The van der Waals surface area contributed by atoms with Crippen LogP contribution in [0.4, 0.5) is 0 Å². The van der Waals surface area contributed by atoms with Gasteiger partial charge in [-0.3, -0.25) is 9.80 Å². The monoisotopic (exact) mass is 212 g/mol. The highest BCUT2D eigenvalue weighted by molar-refractivity contribution is 5.91. The SMILES string of the molecule is C=C(C)C(=O)N(CC)NCCCCCC. The summed E-state index contributed by atoms with van der Waals surface area (Å²) in [6.07, 6.45) is 4.85. The molecular formula is C12H24N2O. The number of hydrogen-bond donors (Lipinski definition) is 1. The van der Waals surface area contributed by atoms with E-state index in [9.17, 15) is 4.79 Å². The lowest BCUT2D eigenvalue weighted by molar-refractivity contribution is -0.129. The predicted octanol–water partition coefficient (Wildman–Crippen LogP) is 2.50. The highest BCUT2D eigenvalue weighted by Gasteiger charge is 2.10. The van der Waals surface area contributed by atoms with Crippen LogP contribution in [-0.4, -0.2) is 24.0 Å². The molecule has 15 heavy (non-hydrogen) atoms. The lowest BCUT2D eigenvalue weighted by Crippen LogP contribution is -2.43. The molecule has 0 saturated carbocycles. The third-order valence-corrected chi connectivity index (χ3v) is 2.26. The normalized spacial score (nSPS) is 10.1. The molecule has 0 aliphatic rings. The fraction of sp³-hybridized carbons (Fsp3) is 0.750. The molecule has 0 saturated heterocycles. The van der Waals surface area contributed by atoms with Gasteiger partial charge in [-0.2, -0.15) is 0 Å². The van der Waals surface area contributed by atoms with Gasteiger partial charge in [-0.15, -0.1) is 0 Å². The van der Waals surface area contributed by atoms with Crippen molar-refractivity contribution in [2.45, 2.75) is 46.5 Å². The van der Waals surface area contributed by atoms with E-state index in [-0.39, 0.29) is 5.91 Å². The summed E-state index contributed by atoms with van der Waals surface area (Å²) in [6, 6.07) is 0. The summed E-state index contributed by atoms with van der Waals surface area (Å²) in [5.74, 6) is -0.00649. The predicted molar refractivity (Wildman–Crippen MR) is 64.3 cm³/mol. The van der Waals surface area contributed by atoms with Gasteiger partial charge in [0.25, 0.3) is 5.91 Å². The number of carbonyl (C=O) groups excluding carboxylic acids is 1. The molecule has 0 aromatic rings. The fourth-order valence-corrected chi connectivity index (χ4v) is 1.32. The molecule has 0 aromatic heterocycles. The number of amides is 1. The van der Waals surface area contributed by atoms with E-state index in [0.29, 0.717) is 12.1 Å². The highest BCUT2D eigenvalue weighted by Crippen LogP contribution is 1.99. The zero-order valence-corrected chi connectivity index (χ0v) is 10.3. The molecule has 0 fully saturated rings. The number of hydrazine groups is 1. The molecule has 0 unspecified atom stereocenters. The van der Waals surface area contributed by atoms with Gasteiger partial charge in [-0.05, 0) is 20.3 Å². The first-order valence-corrected chi connectivity index (χ1v) is 5.84. The minimum atomic E-state index is -0.00649. The average molecular weight is 212 g/mol. The lowest BCUT2D eigenvalue weighted by Gasteiger charge is -2.21. The molecule has 0 aliphatic carbocycles. The Kier molecular flexibility index (Phi) is 8.01. The quantitative estimate of drug-likeness (QED) is 0.381. The van der Waals surface area contributed by atoms with Crippen LogP contribution < -0.4 is 5.43 Å². The maximum atomic E-state index is 11.6. The molecule has 1 amide bonds. The zero-order valence-electron chi connectivity index (χ0n) is 10.3. The van der Waals surface area contributed by atoms with Crippen LogP contribution in [0.25, 0.3) is 0 Å². The first-order chi connectivity index (χ1) is 7.13. The standard InChI is InChI=1S/C12H24N2O/c1-5-7-8-9-10-13-14(6-2)12(15)11(3)4/h13H,3,5-10H2,1-2,4H3. The molecule has 0 spiro atoms. The number of nitrogens with zero attached hydrogens (tertiary/aromatic N) is 1. The summed E-state index contributed by atoms with van der Waals surface area (Å²) in [5, 5.41) is 1.63. The Hall–Kier alpha value is -0.830. The van der Waals surface area contributed by atoms with Gasteiger partial charge in [0, 0.05) is 18.7 Å². The van der Waals surface area contributed by atoms with Gasteiger partial charge < -0.3 is 0 Å². The van der Waals surface area contributed by atoms with Crippen molar-refractivity contribution in [1.82, 2.24) is 10.4 Å². The highest BCUT2D eigenvalue weighted by atomic mass is 16.2. The Labute approximate surface area is 93.5 Å². The number of hydrogen-bond acceptors (Lipinski definition) is 2. The van der Waals surface area contributed by atoms with Gasteiger partial charge in [-0.1, -0.05) is 32.8 Å². The molecule has 1 N–H and O–H groups in total. The molecule has 0 radical (unpaired) electrons. The van der Waals surface area contributed by atoms with Gasteiger partial charge >= 0.3 is 0 Å². The van der Waals surface area contributed by atoms with E-state index in [4.69, 9.17) is 0 Å². The fourth-order valence-electron chi connectivity index (χ4n) is 1.32. The first kappa shape index (κ1) is 14.2. The maximum absolute atomic E-state index is 11.6. The Bertz CT molecular complexity index is 202. The molecule has 0 heterocycles. The minimum Gasteiger partial charge on any atom is -0.275 e. The van der Waals surface area contributed by atoms with Crippen molar-refractivity contribution < 1.29 is 4.79 Å². The molecule has 3 nitrogen and oxygen atoms in total. The summed E-state index contributed by atoms with van der Waals surface area (Å²) < 4.78 is 0. The van der Waals surface area contributed by atoms with Crippen LogP contribution in [0.15, 0.2) is 12.2 Å². The topological polar surface area (TPSA) is 32.3 Å². The Morgan fingerprint density at radius 3 is 2.40 bits per heavy atom. The van der Waals surface area contributed by atoms with E-state index in [1.807, 2.05) is 6.92 Å². The number of rotatable bonds is 8. The molecule has 0 aliphatic heterocycles. The summed E-state index contributed by atoms with van der Waals surface area (Å²) in [6.45, 7) is 11.1. The van der Waals surface area contributed by atoms with E-state index in [0.717, 1.165) is 13.0 Å². The molecule has 88 valence electrons. The van der Waals surface area contributed by atoms with Crippen molar-refractivity contribution in [2.75, 3.05) is 13.1 Å². The van der Waals surface area contributed by atoms with Gasteiger partial charge in [0.05, 0.1) is 0 Å². The number of nitrogens with one attached hydrogen (secondary N) is 1. The summed E-state index contributed by atoms with van der Waals surface area (Å²) >= 11 is 0. The van der Waals surface area contributed by atoms with Crippen LogP contribution in [0.3, 0.4) is 0 Å². The largest absolute Gasteiger partial charge is 0.275 e. The van der Waals surface area contributed by atoms with Crippen LogP contribution in [0.5, 0.6) is 0 Å². The van der Waals surface area contributed by atoms with E-state index in [2.05, 4.69) is 18.9 Å². The third kappa shape index (κ3) is 6.28. The van der Waals surface area contributed by atoms with Gasteiger partial charge in [0.1, 0.15) is 0 Å². The molecule has 3 heteroatoms. The smallest absolute Gasteiger partial charge is 0.262 e. The van der Waals surface area contributed by atoms with E-state index in [1.165, 1.54) is 19.3 Å². The zero-order chi connectivity index (χ0) is 11.7. The minimum absolute atomic E-state index is 0.00649. The van der Waals surface area contributed by atoms with Crippen molar-refractivity contribution in [2.24, 2.45) is 0 Å². The molecule has 0 rings (SSSR count). The maximum Gasteiger partial charge on any atom is 0.262 e. The van der Waals surface area contributed by atoms with Crippen molar-refractivity contribution in [3.05, 3.63) is 12.2 Å². The second-order valence-electron chi connectivity index (χ2n) is 3.80. The summed E-state index contributed by atoms with van der Waals surface area (Å²) in [7, 11) is 0. The molecular weight excluding hydrogens is 188 g/mol. The van der Waals surface area contributed by atoms with Crippen LogP contribution in [0.1, 0.15) is 46.5 Å². The lowest BCUT2D eigenvalue weighted by atomic mass is 10.2. The number of unbranched alkanes of at least 4 members (excludes halogenated alkanes) is 3. The molecule has 0 aromatic carbocycles. The Morgan fingerprint density at radius 2 is 1.93 bits per heavy atom. The third-order valence-electron chi connectivity index (χ3n) is 2.26. The van der Waals surface area contributed by atoms with E-state index >= 15 is 0 Å². The van der Waals surface area contributed by atoms with Crippen LogP contribution in [0, 0.1) is 0 Å². The van der Waals surface area contributed by atoms with Gasteiger partial charge in [0.2, 0.25) is 0 Å². The van der Waals surface area contributed by atoms with E-state index < -0.39 is 0 Å². The summed E-state index contributed by atoms with van der Waals surface area (Å²) in [4.78, 5) is 11.6. The summed E-state index contributed by atoms with van der Waals surface area (Å²) in [5.41, 5.74) is 3.71. The van der Waals surface area contributed by atoms with Gasteiger partial charge in [0.15, 0.2) is 0 Å². The van der Waals surface area contributed by atoms with Crippen LogP contribution >= 0.6 is 0 Å². The van der Waals surface area contributed by atoms with Crippen molar-refractivity contribution in [1.29, 1.82) is 0 Å². The molecule has 0 bridgehead atoms. The van der Waals surface area contributed by atoms with Crippen molar-refractivity contribution in [3.8, 4) is 0 Å². The molecule has 0 atom stereocenters. The van der Waals surface area contributed by atoms with E-state index in [1.54, 1.807) is 11.9 Å². The number of carbonyl (C=O) groups is 1. The van der Waals surface area contributed by atoms with Crippen molar-refractivity contribution >= 4 is 5.91 Å². The second kappa shape index (κ2) is 8.48. The number of likely N-dealkylation sites (N-methyl/N-ethyl adjacent to an activating group) is 1. The van der Waals surface area contributed by atoms with Crippen LogP contribution in [0.2, 0.25) is 0 Å². The Morgan fingerprint density at radius 1 is 1.27 bits per heavy atom. The second-order valence-corrected chi connectivity index (χ2v) is 3.80. The van der Waals surface area contributed by atoms with Gasteiger partial charge in [-0.25, -0.2) is 5.43 Å². The first-order valence-electron chi connectivity index (χ1n) is 5.84.